The lowest BCUT2D eigenvalue weighted by Crippen LogP contribution is -1.85. The van der Waals surface area contributed by atoms with E-state index in [2.05, 4.69) is 6.92 Å². The van der Waals surface area contributed by atoms with Crippen molar-refractivity contribution in [3.63, 3.8) is 0 Å². The highest BCUT2D eigenvalue weighted by Crippen LogP contribution is 2.14. The van der Waals surface area contributed by atoms with Crippen LogP contribution in [0.25, 0.3) is 0 Å². The van der Waals surface area contributed by atoms with Crippen LogP contribution < -0.4 is 0 Å². The van der Waals surface area contributed by atoms with E-state index < -0.39 is 0 Å². The van der Waals surface area contributed by atoms with Gasteiger partial charge < -0.3 is 5.11 Å². The molecule has 0 aliphatic heterocycles. The summed E-state index contributed by atoms with van der Waals surface area (Å²) in [6.45, 7) is 8.00. The molecule has 0 amide bonds. The van der Waals surface area contributed by atoms with Crippen molar-refractivity contribution < 1.29 is 5.11 Å². The molecule has 0 saturated carbocycles. The Balaban J connectivity index is 0.000000561. The molecule has 12 heavy (non-hydrogen) atoms. The van der Waals surface area contributed by atoms with Crippen molar-refractivity contribution in [2.45, 2.75) is 27.7 Å². The largest absolute Gasteiger partial charge is 0.508 e. The van der Waals surface area contributed by atoms with Gasteiger partial charge >= 0.3 is 0 Å². The van der Waals surface area contributed by atoms with Gasteiger partial charge in [-0.2, -0.15) is 0 Å². The summed E-state index contributed by atoms with van der Waals surface area (Å²) in [6, 6.07) is 0. The fourth-order valence-corrected chi connectivity index (χ4v) is 0.989. The van der Waals surface area contributed by atoms with Gasteiger partial charge in [0, 0.05) is 0 Å². The second kappa shape index (κ2) is 5.64. The highest BCUT2D eigenvalue weighted by atomic mass is 16.3. The number of aliphatic hydroxyl groups is 1. The summed E-state index contributed by atoms with van der Waals surface area (Å²) < 4.78 is 0. The van der Waals surface area contributed by atoms with Gasteiger partial charge in [0.15, 0.2) is 0 Å². The Hall–Kier alpha value is -0.980. The third-order valence-electron chi connectivity index (χ3n) is 1.59. The molecule has 1 atom stereocenters. The van der Waals surface area contributed by atoms with Gasteiger partial charge in [-0.25, -0.2) is 0 Å². The molecule has 1 unspecified atom stereocenters. The molecule has 1 nitrogen and oxygen atoms in total. The van der Waals surface area contributed by atoms with Gasteiger partial charge in [-0.05, 0) is 24.5 Å². The topological polar surface area (TPSA) is 20.2 Å². The fraction of sp³-hybridized carbons (Fsp3) is 0.455. The number of hydrogen-bond donors (Lipinski definition) is 1. The third-order valence-corrected chi connectivity index (χ3v) is 1.59. The van der Waals surface area contributed by atoms with Crippen LogP contribution in [0, 0.1) is 5.92 Å². The molecule has 0 fully saturated rings. The Kier molecular flexibility index (Phi) is 5.18. The van der Waals surface area contributed by atoms with Crippen molar-refractivity contribution in [1.82, 2.24) is 0 Å². The maximum Gasteiger partial charge on any atom is 0.118 e. The molecule has 1 rings (SSSR count). The summed E-state index contributed by atoms with van der Waals surface area (Å²) >= 11 is 0. The van der Waals surface area contributed by atoms with E-state index in [9.17, 15) is 5.11 Å². The van der Waals surface area contributed by atoms with Gasteiger partial charge in [0.2, 0.25) is 0 Å². The van der Waals surface area contributed by atoms with Gasteiger partial charge in [-0.3, -0.25) is 0 Å². The Morgan fingerprint density at radius 3 is 2.50 bits per heavy atom. The summed E-state index contributed by atoms with van der Waals surface area (Å²) in [4.78, 5) is 0. The van der Waals surface area contributed by atoms with Crippen molar-refractivity contribution in [3.05, 3.63) is 35.6 Å². The quantitative estimate of drug-likeness (QED) is 0.583. The molecule has 0 saturated heterocycles. The first-order valence-corrected chi connectivity index (χ1v) is 4.46. The Labute approximate surface area is 75.1 Å². The van der Waals surface area contributed by atoms with Crippen LogP contribution >= 0.6 is 0 Å². The van der Waals surface area contributed by atoms with E-state index in [0.717, 1.165) is 5.57 Å². The van der Waals surface area contributed by atoms with Crippen molar-refractivity contribution in [2.75, 3.05) is 0 Å². The fourth-order valence-electron chi connectivity index (χ4n) is 0.989. The first-order valence-electron chi connectivity index (χ1n) is 4.46. The van der Waals surface area contributed by atoms with Crippen molar-refractivity contribution in [3.8, 4) is 0 Å². The highest BCUT2D eigenvalue weighted by Gasteiger charge is 2.00. The first-order chi connectivity index (χ1) is 5.70. The summed E-state index contributed by atoms with van der Waals surface area (Å²) in [5.41, 5.74) is 0.956. The Morgan fingerprint density at radius 2 is 1.92 bits per heavy atom. The average Bonchev–Trinajstić information content (AvgIpc) is 2.19. The molecule has 0 spiro atoms. The van der Waals surface area contributed by atoms with Crippen molar-refractivity contribution >= 4 is 0 Å². The molecular weight excluding hydrogens is 148 g/mol. The predicted octanol–water partition coefficient (Wildman–Crippen LogP) is 3.61. The van der Waals surface area contributed by atoms with Crippen LogP contribution in [0.4, 0.5) is 0 Å². The summed E-state index contributed by atoms with van der Waals surface area (Å²) in [5.74, 6) is 0.807. The van der Waals surface area contributed by atoms with E-state index in [0.29, 0.717) is 11.7 Å². The lowest BCUT2D eigenvalue weighted by molar-refractivity contribution is 0.423. The maximum atomic E-state index is 9.22. The third kappa shape index (κ3) is 3.42. The van der Waals surface area contributed by atoms with Crippen molar-refractivity contribution in [1.29, 1.82) is 0 Å². The van der Waals surface area contributed by atoms with E-state index >= 15 is 0 Å². The van der Waals surface area contributed by atoms with Crippen LogP contribution in [0.3, 0.4) is 0 Å². The molecule has 68 valence electrons. The molecule has 1 aliphatic rings. The first kappa shape index (κ1) is 11.0. The molecule has 0 aromatic rings. The van der Waals surface area contributed by atoms with E-state index in [4.69, 9.17) is 0 Å². The zero-order chi connectivity index (χ0) is 9.56. The number of rotatable bonds is 0. The second-order valence-electron chi connectivity index (χ2n) is 2.65. The minimum atomic E-state index is 0.376. The molecule has 1 aliphatic carbocycles. The van der Waals surface area contributed by atoms with E-state index in [1.165, 1.54) is 0 Å². The van der Waals surface area contributed by atoms with Gasteiger partial charge in [0.05, 0.1) is 0 Å². The van der Waals surface area contributed by atoms with Gasteiger partial charge in [-0.1, -0.05) is 39.0 Å². The number of hydrogen-bond acceptors (Lipinski definition) is 1. The number of allylic oxidation sites excluding steroid dienone is 5. The van der Waals surface area contributed by atoms with Crippen LogP contribution in [0.15, 0.2) is 35.6 Å². The molecular formula is C11H18O. The average molecular weight is 166 g/mol. The van der Waals surface area contributed by atoms with Gasteiger partial charge in [0.25, 0.3) is 0 Å². The Morgan fingerprint density at radius 1 is 1.33 bits per heavy atom. The minimum absolute atomic E-state index is 0.376. The highest BCUT2D eigenvalue weighted by molar-refractivity contribution is 5.30. The maximum absolute atomic E-state index is 9.22. The zero-order valence-corrected chi connectivity index (χ0v) is 8.33. The van der Waals surface area contributed by atoms with E-state index in [1.807, 2.05) is 39.0 Å². The van der Waals surface area contributed by atoms with Crippen LogP contribution in [0.5, 0.6) is 0 Å². The van der Waals surface area contributed by atoms with E-state index in [-0.39, 0.29) is 0 Å². The summed E-state index contributed by atoms with van der Waals surface area (Å²) in [7, 11) is 0. The molecule has 0 heterocycles. The smallest absolute Gasteiger partial charge is 0.118 e. The number of aliphatic hydroxyl groups excluding tert-OH is 1. The van der Waals surface area contributed by atoms with Crippen molar-refractivity contribution in [2.24, 2.45) is 5.92 Å². The molecule has 0 aromatic heterocycles. The molecule has 1 N–H and O–H groups in total. The predicted molar refractivity (Wildman–Crippen MR) is 54.1 cm³/mol. The molecule has 0 aromatic carbocycles. The normalized spacial score (nSPS) is 21.5. The molecule has 0 radical (unpaired) electrons. The summed E-state index contributed by atoms with van der Waals surface area (Å²) in [6.07, 6.45) is 7.68. The standard InChI is InChI=1S/C9H12O.C2H6/c1-7-4-3-5-9(10)8(2)6-7;1-2/h3-7,10H,1-2H3;1-2H3. The lowest BCUT2D eigenvalue weighted by atomic mass is 10.1. The van der Waals surface area contributed by atoms with Gasteiger partial charge in [-0.15, -0.1) is 0 Å². The molecule has 0 bridgehead atoms. The van der Waals surface area contributed by atoms with Crippen LogP contribution in [0.2, 0.25) is 0 Å². The zero-order valence-electron chi connectivity index (χ0n) is 8.33. The second-order valence-corrected chi connectivity index (χ2v) is 2.65. The van der Waals surface area contributed by atoms with Gasteiger partial charge in [0.1, 0.15) is 5.76 Å². The molecule has 1 heteroatoms. The van der Waals surface area contributed by atoms with Crippen LogP contribution in [-0.2, 0) is 0 Å². The monoisotopic (exact) mass is 166 g/mol. The summed E-state index contributed by atoms with van der Waals surface area (Å²) in [5, 5.41) is 9.22. The lowest BCUT2D eigenvalue weighted by Gasteiger charge is -1.98. The van der Waals surface area contributed by atoms with Crippen LogP contribution in [0.1, 0.15) is 27.7 Å². The SMILES string of the molecule is CC.CC1=CC(C)C=CC=C1O. The van der Waals surface area contributed by atoms with Crippen LogP contribution in [-0.4, -0.2) is 5.11 Å². The minimum Gasteiger partial charge on any atom is -0.508 e. The Bertz CT molecular complexity index is 209. The van der Waals surface area contributed by atoms with E-state index in [1.54, 1.807) is 6.08 Å².